The lowest BCUT2D eigenvalue weighted by Crippen LogP contribution is -2.21. The van der Waals surface area contributed by atoms with Crippen LogP contribution in [0.15, 0.2) is 83.3 Å². The minimum atomic E-state index is 0.645. The molecule has 1 heterocycles. The van der Waals surface area contributed by atoms with E-state index in [9.17, 15) is 0 Å². The molecule has 0 atom stereocenters. The van der Waals surface area contributed by atoms with E-state index in [4.69, 9.17) is 9.40 Å². The minimum Gasteiger partial charge on any atom is -0.435 e. The summed E-state index contributed by atoms with van der Waals surface area (Å²) in [4.78, 5) is 7.24. The Bertz CT molecular complexity index is 1080. The Balaban J connectivity index is 1.83. The average molecular weight is 383 g/mol. The van der Waals surface area contributed by atoms with Crippen LogP contribution >= 0.6 is 0 Å². The van der Waals surface area contributed by atoms with E-state index in [0.717, 1.165) is 41.2 Å². The number of aromatic nitrogens is 1. The summed E-state index contributed by atoms with van der Waals surface area (Å²) in [7, 11) is 0. The van der Waals surface area contributed by atoms with Gasteiger partial charge in [-0.25, -0.2) is 4.98 Å². The Morgan fingerprint density at radius 2 is 1.41 bits per heavy atom. The van der Waals surface area contributed by atoms with E-state index in [2.05, 4.69) is 68.1 Å². The first-order valence-electron chi connectivity index (χ1n) is 10.2. The monoisotopic (exact) mass is 382 g/mol. The van der Waals surface area contributed by atoms with Crippen LogP contribution in [0.1, 0.15) is 19.4 Å². The second-order valence-electron chi connectivity index (χ2n) is 7.10. The highest BCUT2D eigenvalue weighted by Crippen LogP contribution is 2.37. The summed E-state index contributed by atoms with van der Waals surface area (Å²) in [5, 5.41) is 0. The Kier molecular flexibility index (Phi) is 5.48. The molecule has 0 unspecified atom stereocenters. The normalized spacial score (nSPS) is 10.9. The van der Waals surface area contributed by atoms with E-state index < -0.39 is 0 Å². The van der Waals surface area contributed by atoms with Crippen LogP contribution in [0, 0.1) is 6.92 Å². The zero-order valence-corrected chi connectivity index (χ0v) is 17.2. The quantitative estimate of drug-likeness (QED) is 0.366. The van der Waals surface area contributed by atoms with Crippen molar-refractivity contribution < 1.29 is 4.42 Å². The highest BCUT2D eigenvalue weighted by Gasteiger charge is 2.19. The fourth-order valence-corrected chi connectivity index (χ4v) is 3.65. The summed E-state index contributed by atoms with van der Waals surface area (Å²) in [6, 6.07) is 27.0. The van der Waals surface area contributed by atoms with Crippen LogP contribution in [-0.4, -0.2) is 18.1 Å². The van der Waals surface area contributed by atoms with E-state index >= 15 is 0 Å². The standard InChI is InChI=1S/C26H26N2O/c1-4-28(5-2)22-17-15-20(16-18-22)25-24(23-14-10-9-11-19(23)3)27-26(29-25)21-12-7-6-8-13-21/h6-18H,4-5H2,1-3H3. The molecule has 0 aliphatic heterocycles. The molecule has 146 valence electrons. The zero-order valence-electron chi connectivity index (χ0n) is 17.2. The second kappa shape index (κ2) is 8.36. The first-order valence-corrected chi connectivity index (χ1v) is 10.2. The van der Waals surface area contributed by atoms with Gasteiger partial charge in [0.25, 0.3) is 0 Å². The topological polar surface area (TPSA) is 29.3 Å². The highest BCUT2D eigenvalue weighted by atomic mass is 16.4. The third-order valence-electron chi connectivity index (χ3n) is 5.31. The predicted octanol–water partition coefficient (Wildman–Crippen LogP) is 6.83. The molecule has 3 heteroatoms. The maximum Gasteiger partial charge on any atom is 0.227 e. The molecule has 4 aromatic rings. The number of nitrogens with zero attached hydrogens (tertiary/aromatic N) is 2. The van der Waals surface area contributed by atoms with E-state index in [-0.39, 0.29) is 0 Å². The lowest BCUT2D eigenvalue weighted by atomic mass is 10.0. The van der Waals surface area contributed by atoms with Gasteiger partial charge >= 0.3 is 0 Å². The van der Waals surface area contributed by atoms with Crippen molar-refractivity contribution >= 4 is 5.69 Å². The van der Waals surface area contributed by atoms with Crippen molar-refractivity contribution in [2.75, 3.05) is 18.0 Å². The van der Waals surface area contributed by atoms with Crippen LogP contribution < -0.4 is 4.90 Å². The van der Waals surface area contributed by atoms with Crippen molar-refractivity contribution in [3.05, 3.63) is 84.4 Å². The third-order valence-corrected chi connectivity index (χ3v) is 5.31. The Morgan fingerprint density at radius 3 is 2.07 bits per heavy atom. The Labute approximate surface area is 172 Å². The maximum atomic E-state index is 6.32. The maximum absolute atomic E-state index is 6.32. The number of anilines is 1. The summed E-state index contributed by atoms with van der Waals surface area (Å²) in [6.07, 6.45) is 0. The molecular weight excluding hydrogens is 356 g/mol. The van der Waals surface area contributed by atoms with E-state index in [0.29, 0.717) is 5.89 Å². The van der Waals surface area contributed by atoms with Crippen molar-refractivity contribution in [3.8, 4) is 34.0 Å². The van der Waals surface area contributed by atoms with E-state index in [1.807, 2.05) is 36.4 Å². The van der Waals surface area contributed by atoms with Gasteiger partial charge in [-0.05, 0) is 62.7 Å². The molecule has 0 spiro atoms. The second-order valence-corrected chi connectivity index (χ2v) is 7.10. The highest BCUT2D eigenvalue weighted by molar-refractivity contribution is 5.81. The molecule has 0 saturated heterocycles. The predicted molar refractivity (Wildman–Crippen MR) is 121 cm³/mol. The molecule has 0 bridgehead atoms. The van der Waals surface area contributed by atoms with Crippen LogP contribution in [0.4, 0.5) is 5.69 Å². The van der Waals surface area contributed by atoms with Gasteiger partial charge in [0, 0.05) is 35.5 Å². The SMILES string of the molecule is CCN(CC)c1ccc(-c2oc(-c3ccccc3)nc2-c2ccccc2C)cc1. The van der Waals surface area contributed by atoms with Gasteiger partial charge in [-0.3, -0.25) is 0 Å². The molecular formula is C26H26N2O. The van der Waals surface area contributed by atoms with Crippen LogP contribution in [0.25, 0.3) is 34.0 Å². The summed E-state index contributed by atoms with van der Waals surface area (Å²) >= 11 is 0. The molecule has 0 aliphatic carbocycles. The molecule has 29 heavy (non-hydrogen) atoms. The van der Waals surface area contributed by atoms with Crippen molar-refractivity contribution in [3.63, 3.8) is 0 Å². The summed E-state index contributed by atoms with van der Waals surface area (Å²) in [5.41, 5.74) is 6.40. The van der Waals surface area contributed by atoms with Crippen molar-refractivity contribution in [2.24, 2.45) is 0 Å². The van der Waals surface area contributed by atoms with Gasteiger partial charge in [-0.2, -0.15) is 0 Å². The van der Waals surface area contributed by atoms with Gasteiger partial charge in [0.05, 0.1) is 0 Å². The first kappa shape index (κ1) is 19.0. The number of aryl methyl sites for hydroxylation is 1. The van der Waals surface area contributed by atoms with Crippen LogP contribution in [0.5, 0.6) is 0 Å². The van der Waals surface area contributed by atoms with Gasteiger partial charge in [-0.15, -0.1) is 0 Å². The van der Waals surface area contributed by atoms with Gasteiger partial charge in [0.2, 0.25) is 5.89 Å². The molecule has 3 aromatic carbocycles. The lowest BCUT2D eigenvalue weighted by Gasteiger charge is -2.21. The number of rotatable bonds is 6. The Hall–Kier alpha value is -3.33. The van der Waals surface area contributed by atoms with Gasteiger partial charge in [0.15, 0.2) is 5.76 Å². The molecule has 0 radical (unpaired) electrons. The molecule has 1 aromatic heterocycles. The number of benzene rings is 3. The van der Waals surface area contributed by atoms with Gasteiger partial charge < -0.3 is 9.32 Å². The largest absolute Gasteiger partial charge is 0.435 e. The molecule has 0 fully saturated rings. The van der Waals surface area contributed by atoms with Gasteiger partial charge in [-0.1, -0.05) is 42.5 Å². The van der Waals surface area contributed by atoms with E-state index in [1.54, 1.807) is 0 Å². The molecule has 0 aliphatic rings. The first-order chi connectivity index (χ1) is 14.2. The summed E-state index contributed by atoms with van der Waals surface area (Å²) in [6.45, 7) is 8.45. The number of hydrogen-bond donors (Lipinski definition) is 0. The average Bonchev–Trinajstić information content (AvgIpc) is 3.21. The van der Waals surface area contributed by atoms with Crippen LogP contribution in [-0.2, 0) is 0 Å². The van der Waals surface area contributed by atoms with Crippen LogP contribution in [0.2, 0.25) is 0 Å². The summed E-state index contributed by atoms with van der Waals surface area (Å²) in [5.74, 6) is 1.45. The number of oxazole rings is 1. The van der Waals surface area contributed by atoms with Crippen LogP contribution in [0.3, 0.4) is 0 Å². The fraction of sp³-hybridized carbons (Fsp3) is 0.192. The molecule has 0 saturated carbocycles. The molecule has 0 amide bonds. The third kappa shape index (κ3) is 3.81. The van der Waals surface area contributed by atoms with Crippen molar-refractivity contribution in [1.82, 2.24) is 4.98 Å². The molecule has 3 nitrogen and oxygen atoms in total. The van der Waals surface area contributed by atoms with Crippen molar-refractivity contribution in [2.45, 2.75) is 20.8 Å². The molecule has 4 rings (SSSR count). The van der Waals surface area contributed by atoms with E-state index in [1.165, 1.54) is 11.3 Å². The minimum absolute atomic E-state index is 0.645. The van der Waals surface area contributed by atoms with Gasteiger partial charge in [0.1, 0.15) is 5.69 Å². The smallest absolute Gasteiger partial charge is 0.227 e. The van der Waals surface area contributed by atoms with Crippen molar-refractivity contribution in [1.29, 1.82) is 0 Å². The zero-order chi connectivity index (χ0) is 20.2. The lowest BCUT2D eigenvalue weighted by molar-refractivity contribution is 0.589. The fourth-order valence-electron chi connectivity index (χ4n) is 3.65. The molecule has 0 N–H and O–H groups in total. The Morgan fingerprint density at radius 1 is 0.759 bits per heavy atom. The summed E-state index contributed by atoms with van der Waals surface area (Å²) < 4.78 is 6.32. The number of hydrogen-bond acceptors (Lipinski definition) is 3.